The van der Waals surface area contributed by atoms with Crippen LogP contribution in [-0.2, 0) is 18.6 Å². The average molecular weight is 294 g/mol. The van der Waals surface area contributed by atoms with Crippen LogP contribution < -0.4 is 37.2 Å². The first-order valence-corrected chi connectivity index (χ1v) is 3.90. The zero-order valence-corrected chi connectivity index (χ0v) is 12.1. The minimum atomic E-state index is 0. The molecule has 0 saturated heterocycles. The van der Waals surface area contributed by atoms with E-state index < -0.39 is 0 Å². The van der Waals surface area contributed by atoms with Crippen molar-refractivity contribution in [3.05, 3.63) is 36.8 Å². The summed E-state index contributed by atoms with van der Waals surface area (Å²) in [6.45, 7) is 4.31. The molecule has 0 aliphatic carbocycles. The van der Waals surface area contributed by atoms with E-state index in [4.69, 9.17) is 0 Å². The van der Waals surface area contributed by atoms with Gasteiger partial charge in [-0.2, -0.15) is 31.0 Å². The van der Waals surface area contributed by atoms with E-state index in [2.05, 4.69) is 20.3 Å². The van der Waals surface area contributed by atoms with Crippen LogP contribution in [0.25, 0.3) is 0 Å². The number of hydrogen-bond acceptors (Lipinski definition) is 0. The standard InChI is InChI=1S/C5H5.C5H11.3ClH.V/c1-2-4-5-3-1;1-3-5-4-2;;;;/h1-5H;5H,3-4H2,1-2H3;3*1H;/q2*-1;;;;/p-3. The largest absolute Gasteiger partial charge is 1.00 e. The molecule has 0 nitrogen and oxygen atoms in total. The van der Waals surface area contributed by atoms with E-state index in [1.807, 2.05) is 30.3 Å². The average Bonchev–Trinajstić information content (AvgIpc) is 2.44. The van der Waals surface area contributed by atoms with Gasteiger partial charge in [-0.3, -0.25) is 0 Å². The Kier molecular flexibility index (Phi) is 61.2. The molecule has 0 aliphatic rings. The number of halogens is 3. The second-order valence-electron chi connectivity index (χ2n) is 2.07. The third kappa shape index (κ3) is 29.3. The van der Waals surface area contributed by atoms with Crippen LogP contribution in [-0.4, -0.2) is 0 Å². The number of rotatable bonds is 2. The molecule has 0 heterocycles. The molecule has 0 N–H and O–H groups in total. The van der Waals surface area contributed by atoms with Crippen LogP contribution >= 0.6 is 0 Å². The topological polar surface area (TPSA) is 0 Å². The van der Waals surface area contributed by atoms with Gasteiger partial charge in [0.15, 0.2) is 0 Å². The molecule has 14 heavy (non-hydrogen) atoms. The van der Waals surface area contributed by atoms with Crippen LogP contribution in [0.4, 0.5) is 0 Å². The van der Waals surface area contributed by atoms with Gasteiger partial charge in [-0.25, -0.2) is 12.1 Å². The van der Waals surface area contributed by atoms with Crippen molar-refractivity contribution in [2.75, 3.05) is 0 Å². The van der Waals surface area contributed by atoms with E-state index in [0.29, 0.717) is 0 Å². The fraction of sp³-hybridized carbons (Fsp3) is 0.400. The molecule has 4 heteroatoms. The van der Waals surface area contributed by atoms with Crippen LogP contribution in [0, 0.1) is 6.42 Å². The third-order valence-corrected chi connectivity index (χ3v) is 1.13. The number of hydrogen-bond donors (Lipinski definition) is 0. The van der Waals surface area contributed by atoms with Crippen LogP contribution in [0.3, 0.4) is 0 Å². The van der Waals surface area contributed by atoms with E-state index in [-0.39, 0.29) is 55.8 Å². The van der Waals surface area contributed by atoms with Gasteiger partial charge in [0.25, 0.3) is 0 Å². The van der Waals surface area contributed by atoms with Crippen molar-refractivity contribution in [2.45, 2.75) is 26.7 Å². The summed E-state index contributed by atoms with van der Waals surface area (Å²) in [7, 11) is 0. The van der Waals surface area contributed by atoms with E-state index in [9.17, 15) is 0 Å². The summed E-state index contributed by atoms with van der Waals surface area (Å²) in [6, 6.07) is 10.0. The van der Waals surface area contributed by atoms with Crippen molar-refractivity contribution in [3.63, 3.8) is 0 Å². The van der Waals surface area contributed by atoms with Gasteiger partial charge in [0.2, 0.25) is 0 Å². The van der Waals surface area contributed by atoms with Gasteiger partial charge >= 0.3 is 0 Å². The van der Waals surface area contributed by atoms with E-state index in [1.165, 1.54) is 12.8 Å². The molecule has 1 aromatic carbocycles. The molecule has 0 aromatic heterocycles. The van der Waals surface area contributed by atoms with Gasteiger partial charge in [-0.15, -0.1) is 0 Å². The van der Waals surface area contributed by atoms with Gasteiger partial charge < -0.3 is 43.6 Å². The van der Waals surface area contributed by atoms with E-state index in [0.717, 1.165) is 0 Å². The van der Waals surface area contributed by atoms with Crippen LogP contribution in [0.15, 0.2) is 30.3 Å². The summed E-state index contributed by atoms with van der Waals surface area (Å²) in [5, 5.41) is 0. The third-order valence-electron chi connectivity index (χ3n) is 1.13. The Balaban J connectivity index is -0.0000000300. The minimum absolute atomic E-state index is 0. The predicted molar refractivity (Wildman–Crippen MR) is 46.9 cm³/mol. The Morgan fingerprint density at radius 2 is 1.29 bits per heavy atom. The molecule has 0 bridgehead atoms. The van der Waals surface area contributed by atoms with Crippen molar-refractivity contribution in [1.29, 1.82) is 0 Å². The molecule has 1 rings (SSSR count). The summed E-state index contributed by atoms with van der Waals surface area (Å²) in [6.07, 6.45) is 4.69. The van der Waals surface area contributed by atoms with Gasteiger partial charge in [0.05, 0.1) is 0 Å². The van der Waals surface area contributed by atoms with E-state index >= 15 is 0 Å². The normalized spacial score (nSPS) is 5.86. The summed E-state index contributed by atoms with van der Waals surface area (Å²) in [4.78, 5) is 0. The van der Waals surface area contributed by atoms with Crippen molar-refractivity contribution >= 4 is 0 Å². The van der Waals surface area contributed by atoms with E-state index in [1.54, 1.807) is 0 Å². The Labute approximate surface area is 119 Å². The van der Waals surface area contributed by atoms with Crippen molar-refractivity contribution in [2.24, 2.45) is 0 Å². The molecule has 0 spiro atoms. The van der Waals surface area contributed by atoms with Gasteiger partial charge in [-0.1, -0.05) is 13.8 Å². The van der Waals surface area contributed by atoms with Gasteiger partial charge in [-0.05, 0) is 0 Å². The Bertz CT molecular complexity index is 102. The van der Waals surface area contributed by atoms with Crippen LogP contribution in [0.1, 0.15) is 26.7 Å². The van der Waals surface area contributed by atoms with Crippen LogP contribution in [0.5, 0.6) is 0 Å². The SMILES string of the molecule is CC[CH-]CC.[Cl-].[Cl-].[Cl-].[V].c1cc[cH-]c1. The molecule has 0 atom stereocenters. The van der Waals surface area contributed by atoms with Crippen molar-refractivity contribution in [1.82, 2.24) is 0 Å². The predicted octanol–water partition coefficient (Wildman–Crippen LogP) is -5.57. The maximum absolute atomic E-state index is 2.25. The molecule has 0 fully saturated rings. The molecule has 1 aromatic rings. The smallest absolute Gasteiger partial charge is 0 e. The molecular formula is C10H16Cl3V-5. The molecular weight excluding hydrogens is 277 g/mol. The molecule has 0 aliphatic heterocycles. The fourth-order valence-corrected chi connectivity index (χ4v) is 0.609. The zero-order valence-electron chi connectivity index (χ0n) is 8.46. The van der Waals surface area contributed by atoms with Gasteiger partial charge in [0, 0.05) is 18.6 Å². The summed E-state index contributed by atoms with van der Waals surface area (Å²) in [5.74, 6) is 0. The monoisotopic (exact) mass is 292 g/mol. The van der Waals surface area contributed by atoms with Gasteiger partial charge in [0.1, 0.15) is 0 Å². The second-order valence-corrected chi connectivity index (χ2v) is 2.07. The maximum Gasteiger partial charge on any atom is 0 e. The van der Waals surface area contributed by atoms with Crippen molar-refractivity contribution < 1.29 is 55.8 Å². The minimum Gasteiger partial charge on any atom is -1.00 e. The molecule has 0 amide bonds. The quantitative estimate of drug-likeness (QED) is 0.477. The van der Waals surface area contributed by atoms with Crippen molar-refractivity contribution in [3.8, 4) is 0 Å². The van der Waals surface area contributed by atoms with Crippen LogP contribution in [0.2, 0.25) is 0 Å². The summed E-state index contributed by atoms with van der Waals surface area (Å²) in [5.41, 5.74) is 0. The fourth-order valence-electron chi connectivity index (χ4n) is 0.609. The summed E-state index contributed by atoms with van der Waals surface area (Å²) < 4.78 is 0. The first-order chi connectivity index (χ1) is 4.91. The first kappa shape index (κ1) is 29.3. The molecule has 1 radical (unpaired) electrons. The molecule has 0 saturated carbocycles. The first-order valence-electron chi connectivity index (χ1n) is 3.90. The Morgan fingerprint density at radius 1 is 0.929 bits per heavy atom. The second kappa shape index (κ2) is 29.2. The molecule has 0 unspecified atom stereocenters. The number of unbranched alkanes of at least 4 members (excludes halogenated alkanes) is 2. The zero-order chi connectivity index (χ0) is 7.66. The Morgan fingerprint density at radius 3 is 1.36 bits per heavy atom. The summed E-state index contributed by atoms with van der Waals surface area (Å²) >= 11 is 0. The maximum atomic E-state index is 2.25. The molecule has 87 valence electrons. The Hall–Kier alpha value is 0.804.